The Morgan fingerprint density at radius 2 is 2.43 bits per heavy atom. The van der Waals surface area contributed by atoms with Crippen LogP contribution in [0.25, 0.3) is 0 Å². The van der Waals surface area contributed by atoms with Crippen LogP contribution in [0.5, 0.6) is 0 Å². The maximum absolute atomic E-state index is 5.95. The van der Waals surface area contributed by atoms with E-state index in [0.29, 0.717) is 11.0 Å². The van der Waals surface area contributed by atoms with Gasteiger partial charge in [-0.05, 0) is 12.3 Å². The summed E-state index contributed by atoms with van der Waals surface area (Å²) in [5.41, 5.74) is 0. The van der Waals surface area contributed by atoms with Crippen LogP contribution in [0.1, 0.15) is 18.2 Å². The van der Waals surface area contributed by atoms with Crippen molar-refractivity contribution in [3.8, 4) is 0 Å². The third-order valence-corrected chi connectivity index (χ3v) is 4.42. The van der Waals surface area contributed by atoms with Crippen LogP contribution in [-0.4, -0.2) is 18.1 Å². The third-order valence-electron chi connectivity index (χ3n) is 2.45. The first-order chi connectivity index (χ1) is 6.70. The lowest BCUT2D eigenvalue weighted by molar-refractivity contribution is 0.659. The van der Waals surface area contributed by atoms with E-state index < -0.39 is 0 Å². The van der Waals surface area contributed by atoms with Gasteiger partial charge in [-0.1, -0.05) is 29.9 Å². The molecule has 1 saturated heterocycles. The van der Waals surface area contributed by atoms with E-state index in [2.05, 4.69) is 16.8 Å². The highest BCUT2D eigenvalue weighted by molar-refractivity contribution is 7.16. The molecule has 0 spiro atoms. The Labute approximate surface area is 97.8 Å². The standard InChI is InChI=1S/C9H12Cl2N2S/c1-6-2-3-13(5-6)9-12-8(11)7(4-10)14-9/h6H,2-5H2,1H3. The number of hydrogen-bond donors (Lipinski definition) is 0. The molecule has 0 radical (unpaired) electrons. The van der Waals surface area contributed by atoms with E-state index in [1.807, 2.05) is 0 Å². The molecular weight excluding hydrogens is 239 g/mol. The number of anilines is 1. The molecule has 1 aliphatic rings. The molecule has 1 unspecified atom stereocenters. The van der Waals surface area contributed by atoms with Crippen LogP contribution >= 0.6 is 34.5 Å². The van der Waals surface area contributed by atoms with Crippen molar-refractivity contribution in [2.45, 2.75) is 19.2 Å². The molecule has 1 aliphatic heterocycles. The summed E-state index contributed by atoms with van der Waals surface area (Å²) in [6.45, 7) is 4.44. The highest BCUT2D eigenvalue weighted by Crippen LogP contribution is 2.33. The zero-order chi connectivity index (χ0) is 10.1. The summed E-state index contributed by atoms with van der Waals surface area (Å²) >= 11 is 13.3. The largest absolute Gasteiger partial charge is 0.348 e. The van der Waals surface area contributed by atoms with Crippen molar-refractivity contribution in [1.82, 2.24) is 4.98 Å². The third kappa shape index (κ3) is 2.00. The predicted octanol–water partition coefficient (Wildman–Crippen LogP) is 3.38. The second-order valence-electron chi connectivity index (χ2n) is 3.68. The van der Waals surface area contributed by atoms with Gasteiger partial charge < -0.3 is 4.90 Å². The molecule has 0 amide bonds. The number of hydrogen-bond acceptors (Lipinski definition) is 3. The molecule has 2 rings (SSSR count). The zero-order valence-electron chi connectivity index (χ0n) is 7.96. The number of nitrogens with zero attached hydrogens (tertiary/aromatic N) is 2. The average molecular weight is 251 g/mol. The molecule has 1 aromatic heterocycles. The smallest absolute Gasteiger partial charge is 0.187 e. The van der Waals surface area contributed by atoms with Crippen LogP contribution in [0.4, 0.5) is 5.13 Å². The topological polar surface area (TPSA) is 16.1 Å². The molecule has 0 aromatic carbocycles. The van der Waals surface area contributed by atoms with E-state index >= 15 is 0 Å². The second-order valence-corrected chi connectivity index (χ2v) is 5.37. The van der Waals surface area contributed by atoms with Gasteiger partial charge in [-0.2, -0.15) is 0 Å². The van der Waals surface area contributed by atoms with E-state index in [0.717, 1.165) is 29.0 Å². The Balaban J connectivity index is 2.16. The highest BCUT2D eigenvalue weighted by atomic mass is 35.5. The Kier molecular flexibility index (Phi) is 3.20. The van der Waals surface area contributed by atoms with Crippen LogP contribution in [0, 0.1) is 5.92 Å². The maximum atomic E-state index is 5.95. The fourth-order valence-corrected chi connectivity index (χ4v) is 3.16. The highest BCUT2D eigenvalue weighted by Gasteiger charge is 2.22. The van der Waals surface area contributed by atoms with Gasteiger partial charge in [-0.15, -0.1) is 11.6 Å². The van der Waals surface area contributed by atoms with Crippen LogP contribution in [-0.2, 0) is 5.88 Å². The molecule has 0 N–H and O–H groups in total. The summed E-state index contributed by atoms with van der Waals surface area (Å²) in [4.78, 5) is 7.59. The molecule has 0 aliphatic carbocycles. The van der Waals surface area contributed by atoms with Crippen molar-refractivity contribution in [1.29, 1.82) is 0 Å². The van der Waals surface area contributed by atoms with E-state index in [4.69, 9.17) is 23.2 Å². The predicted molar refractivity (Wildman–Crippen MR) is 62.7 cm³/mol. The lowest BCUT2D eigenvalue weighted by Crippen LogP contribution is -2.18. The summed E-state index contributed by atoms with van der Waals surface area (Å²) in [7, 11) is 0. The molecule has 5 heteroatoms. The van der Waals surface area contributed by atoms with Gasteiger partial charge in [-0.3, -0.25) is 0 Å². The molecule has 1 atom stereocenters. The fraction of sp³-hybridized carbons (Fsp3) is 0.667. The average Bonchev–Trinajstić information content (AvgIpc) is 2.71. The summed E-state index contributed by atoms with van der Waals surface area (Å²) in [6.07, 6.45) is 1.24. The maximum Gasteiger partial charge on any atom is 0.187 e. The van der Waals surface area contributed by atoms with Gasteiger partial charge in [0.05, 0.1) is 10.8 Å². The molecule has 0 saturated carbocycles. The Morgan fingerprint density at radius 3 is 2.93 bits per heavy atom. The van der Waals surface area contributed by atoms with Gasteiger partial charge >= 0.3 is 0 Å². The van der Waals surface area contributed by atoms with Crippen molar-refractivity contribution >= 4 is 39.7 Å². The summed E-state index contributed by atoms with van der Waals surface area (Å²) in [5, 5.41) is 1.59. The molecule has 78 valence electrons. The number of halogens is 2. The Hall–Kier alpha value is 0.01000. The van der Waals surface area contributed by atoms with Crippen molar-refractivity contribution in [3.63, 3.8) is 0 Å². The number of alkyl halides is 1. The van der Waals surface area contributed by atoms with Crippen molar-refractivity contribution < 1.29 is 0 Å². The second kappa shape index (κ2) is 4.25. The molecule has 1 fully saturated rings. The van der Waals surface area contributed by atoms with Crippen LogP contribution in [0.3, 0.4) is 0 Å². The monoisotopic (exact) mass is 250 g/mol. The molecular formula is C9H12Cl2N2S. The SMILES string of the molecule is CC1CCN(c2nc(Cl)c(CCl)s2)C1. The van der Waals surface area contributed by atoms with Crippen LogP contribution in [0.2, 0.25) is 5.15 Å². The first-order valence-corrected chi connectivity index (χ1v) is 6.39. The summed E-state index contributed by atoms with van der Waals surface area (Å²) in [5.74, 6) is 1.22. The minimum absolute atomic E-state index is 0.458. The zero-order valence-corrected chi connectivity index (χ0v) is 10.3. The number of thiazole rings is 1. The minimum atomic E-state index is 0.458. The minimum Gasteiger partial charge on any atom is -0.348 e. The van der Waals surface area contributed by atoms with Gasteiger partial charge in [0.2, 0.25) is 0 Å². The van der Waals surface area contributed by atoms with Gasteiger partial charge in [0.25, 0.3) is 0 Å². The van der Waals surface area contributed by atoms with Crippen LogP contribution < -0.4 is 4.90 Å². The number of rotatable bonds is 2. The van der Waals surface area contributed by atoms with Crippen molar-refractivity contribution in [2.24, 2.45) is 5.92 Å². The van der Waals surface area contributed by atoms with Gasteiger partial charge in [-0.25, -0.2) is 4.98 Å². The van der Waals surface area contributed by atoms with Crippen molar-refractivity contribution in [2.75, 3.05) is 18.0 Å². The molecule has 0 bridgehead atoms. The van der Waals surface area contributed by atoms with E-state index in [1.54, 1.807) is 11.3 Å². The molecule has 14 heavy (non-hydrogen) atoms. The first kappa shape index (κ1) is 10.5. The molecule has 1 aromatic rings. The van der Waals surface area contributed by atoms with Gasteiger partial charge in [0, 0.05) is 13.1 Å². The Morgan fingerprint density at radius 1 is 1.64 bits per heavy atom. The van der Waals surface area contributed by atoms with Gasteiger partial charge in [0.1, 0.15) is 5.15 Å². The fourth-order valence-electron chi connectivity index (χ4n) is 1.65. The van der Waals surface area contributed by atoms with E-state index in [9.17, 15) is 0 Å². The summed E-state index contributed by atoms with van der Waals surface area (Å²) in [6, 6.07) is 0. The summed E-state index contributed by atoms with van der Waals surface area (Å²) < 4.78 is 0. The lowest BCUT2D eigenvalue weighted by Gasteiger charge is -2.12. The van der Waals surface area contributed by atoms with Crippen LogP contribution in [0.15, 0.2) is 0 Å². The van der Waals surface area contributed by atoms with E-state index in [1.165, 1.54) is 6.42 Å². The quantitative estimate of drug-likeness (QED) is 0.749. The van der Waals surface area contributed by atoms with E-state index in [-0.39, 0.29) is 0 Å². The molecule has 2 heterocycles. The van der Waals surface area contributed by atoms with Crippen molar-refractivity contribution in [3.05, 3.63) is 10.0 Å². The van der Waals surface area contributed by atoms with Gasteiger partial charge in [0.15, 0.2) is 5.13 Å². The Bertz CT molecular complexity index is 327. The normalized spacial score (nSPS) is 21.9. The molecule has 2 nitrogen and oxygen atoms in total. The number of aromatic nitrogens is 1. The lowest BCUT2D eigenvalue weighted by atomic mass is 10.2. The first-order valence-electron chi connectivity index (χ1n) is 4.67.